The highest BCUT2D eigenvalue weighted by molar-refractivity contribution is 7.81. The monoisotopic (exact) mass is 521 g/mol. The predicted octanol–water partition coefficient (Wildman–Crippen LogP) is 4.95. The largest absolute Gasteiger partial charge is 0.419 e. The van der Waals surface area contributed by atoms with Crippen molar-refractivity contribution in [2.45, 2.75) is 51.2 Å². The molecule has 1 spiro atoms. The summed E-state index contributed by atoms with van der Waals surface area (Å²) >= 11 is 5.52. The Kier molecular flexibility index (Phi) is 7.64. The average Bonchev–Trinajstić information content (AvgIpc) is 3.42. The van der Waals surface area contributed by atoms with Crippen LogP contribution in [-0.2, 0) is 11.0 Å². The number of rotatable bonds is 3. The molecule has 2 heterocycles. The number of alkyl halides is 3. The Balaban J connectivity index is 0.00000176. The summed E-state index contributed by atoms with van der Waals surface area (Å²) in [7, 11) is 1.36. The normalized spacial score (nSPS) is 16.6. The van der Waals surface area contributed by atoms with Crippen LogP contribution in [0.2, 0.25) is 0 Å². The third-order valence-electron chi connectivity index (χ3n) is 6.07. The van der Waals surface area contributed by atoms with Crippen LogP contribution < -0.4 is 15.1 Å². The Hall–Kier alpha value is -3.59. The van der Waals surface area contributed by atoms with E-state index >= 15 is 0 Å². The molecule has 1 saturated carbocycles. The summed E-state index contributed by atoms with van der Waals surface area (Å²) in [4.78, 5) is 31.5. The van der Waals surface area contributed by atoms with Crippen LogP contribution in [0.5, 0.6) is 0 Å². The lowest BCUT2D eigenvalue weighted by Crippen LogP contribution is -2.47. The summed E-state index contributed by atoms with van der Waals surface area (Å²) in [6, 6.07) is 5.83. The van der Waals surface area contributed by atoms with Gasteiger partial charge in [0, 0.05) is 12.7 Å². The molecule has 190 valence electrons. The Morgan fingerprint density at radius 2 is 1.83 bits per heavy atom. The van der Waals surface area contributed by atoms with Crippen LogP contribution in [0.4, 0.5) is 28.9 Å². The maximum atomic E-state index is 14.7. The molecule has 2 aromatic rings. The molecule has 1 N–H and O–H groups in total. The summed E-state index contributed by atoms with van der Waals surface area (Å²) in [6.45, 7) is 4.00. The van der Waals surface area contributed by atoms with Crippen LogP contribution in [-0.4, -0.2) is 34.5 Å². The molecule has 7 nitrogen and oxygen atoms in total. The molecule has 1 saturated heterocycles. The lowest BCUT2D eigenvalue weighted by molar-refractivity contribution is -0.138. The van der Waals surface area contributed by atoms with E-state index in [0.29, 0.717) is 31.7 Å². The first-order chi connectivity index (χ1) is 17.0. The summed E-state index contributed by atoms with van der Waals surface area (Å²) < 4.78 is 55.2. The molecule has 1 aromatic carbocycles. The minimum atomic E-state index is -4.87. The quantitative estimate of drug-likeness (QED) is 0.454. The van der Waals surface area contributed by atoms with Crippen LogP contribution in [0.25, 0.3) is 0 Å². The number of anilines is 2. The summed E-state index contributed by atoms with van der Waals surface area (Å²) in [5.74, 6) is -2.02. The van der Waals surface area contributed by atoms with Crippen molar-refractivity contribution in [3.63, 3.8) is 0 Å². The zero-order valence-corrected chi connectivity index (χ0v) is 20.6. The van der Waals surface area contributed by atoms with Gasteiger partial charge in [-0.1, -0.05) is 26.7 Å². The highest BCUT2D eigenvalue weighted by atomic mass is 32.1. The van der Waals surface area contributed by atoms with Gasteiger partial charge in [0.05, 0.1) is 23.0 Å². The predicted molar refractivity (Wildman–Crippen MR) is 129 cm³/mol. The molecule has 2 fully saturated rings. The molecule has 0 radical (unpaired) electrons. The first-order valence-electron chi connectivity index (χ1n) is 11.2. The minimum absolute atomic E-state index is 0.140. The molecule has 0 bridgehead atoms. The van der Waals surface area contributed by atoms with Gasteiger partial charge in [0.2, 0.25) is 0 Å². The van der Waals surface area contributed by atoms with Gasteiger partial charge in [0.1, 0.15) is 17.4 Å². The average molecular weight is 522 g/mol. The fourth-order valence-electron chi connectivity index (χ4n) is 4.50. The first-order valence-corrected chi connectivity index (χ1v) is 11.6. The first kappa shape index (κ1) is 27.0. The second-order valence-electron chi connectivity index (χ2n) is 7.94. The van der Waals surface area contributed by atoms with Crippen molar-refractivity contribution < 1.29 is 27.2 Å². The van der Waals surface area contributed by atoms with Gasteiger partial charge in [-0.25, -0.2) is 9.37 Å². The van der Waals surface area contributed by atoms with E-state index in [2.05, 4.69) is 10.3 Å². The molecule has 4 rings (SSSR count). The molecule has 12 heteroatoms. The van der Waals surface area contributed by atoms with Crippen molar-refractivity contribution in [2.24, 2.45) is 0 Å². The fourth-order valence-corrected chi connectivity index (χ4v) is 4.97. The number of pyridine rings is 1. The van der Waals surface area contributed by atoms with Crippen molar-refractivity contribution in [1.82, 2.24) is 10.3 Å². The number of thiocarbonyl (C=S) groups is 1. The maximum Gasteiger partial charge on any atom is 0.419 e. The minimum Gasteiger partial charge on any atom is -0.355 e. The number of carbonyl (C=O) groups is 2. The SMILES string of the molecule is CC.CNC(=O)c1ccc(N2C(=S)N(c3cnc(C#N)c(C(F)(F)F)c3)C(=O)C23CCCC3)cc1F. The number of hydrogen-bond acceptors (Lipinski definition) is 5. The lowest BCUT2D eigenvalue weighted by atomic mass is 9.94. The van der Waals surface area contributed by atoms with E-state index in [-0.39, 0.29) is 22.1 Å². The molecule has 2 amide bonds. The molecule has 36 heavy (non-hydrogen) atoms. The van der Waals surface area contributed by atoms with Crippen LogP contribution in [0, 0.1) is 17.1 Å². The molecule has 0 atom stereocenters. The number of nitrogens with one attached hydrogen (secondary N) is 1. The number of hydrogen-bond donors (Lipinski definition) is 1. The number of amides is 2. The van der Waals surface area contributed by atoms with Crippen molar-refractivity contribution >= 4 is 40.5 Å². The Morgan fingerprint density at radius 1 is 1.19 bits per heavy atom. The molecule has 1 aliphatic heterocycles. The van der Waals surface area contributed by atoms with Crippen molar-refractivity contribution in [1.29, 1.82) is 5.26 Å². The molecule has 0 unspecified atom stereocenters. The number of aromatic nitrogens is 1. The van der Waals surface area contributed by atoms with E-state index in [0.717, 1.165) is 17.2 Å². The van der Waals surface area contributed by atoms with E-state index < -0.39 is 40.6 Å². The molecule has 1 aromatic heterocycles. The van der Waals surface area contributed by atoms with E-state index in [9.17, 15) is 27.2 Å². The third kappa shape index (κ3) is 4.39. The smallest absolute Gasteiger partial charge is 0.355 e. The van der Waals surface area contributed by atoms with Gasteiger partial charge < -0.3 is 10.2 Å². The Labute approximate surface area is 210 Å². The number of halogens is 4. The summed E-state index contributed by atoms with van der Waals surface area (Å²) in [6.07, 6.45) is -1.84. The number of nitrogens with zero attached hydrogens (tertiary/aromatic N) is 4. The number of benzene rings is 1. The second kappa shape index (κ2) is 10.2. The van der Waals surface area contributed by atoms with Gasteiger partial charge in [-0.2, -0.15) is 18.4 Å². The highest BCUT2D eigenvalue weighted by Gasteiger charge is 2.57. The maximum absolute atomic E-state index is 14.7. The summed E-state index contributed by atoms with van der Waals surface area (Å²) in [5.41, 5.74) is -3.56. The highest BCUT2D eigenvalue weighted by Crippen LogP contribution is 2.46. The van der Waals surface area contributed by atoms with Crippen LogP contribution in [0.15, 0.2) is 30.5 Å². The van der Waals surface area contributed by atoms with Gasteiger partial charge >= 0.3 is 6.18 Å². The van der Waals surface area contributed by atoms with Crippen LogP contribution in [0.3, 0.4) is 0 Å². The Morgan fingerprint density at radius 3 is 2.36 bits per heavy atom. The van der Waals surface area contributed by atoms with Crippen molar-refractivity contribution in [3.8, 4) is 6.07 Å². The van der Waals surface area contributed by atoms with Crippen molar-refractivity contribution in [3.05, 3.63) is 53.1 Å². The molecular weight excluding hydrogens is 498 g/mol. The zero-order valence-electron chi connectivity index (χ0n) is 19.7. The lowest BCUT2D eigenvalue weighted by Gasteiger charge is -2.32. The topological polar surface area (TPSA) is 89.3 Å². The van der Waals surface area contributed by atoms with Crippen LogP contribution >= 0.6 is 12.2 Å². The Bertz CT molecular complexity index is 1250. The molecule has 2 aliphatic rings. The zero-order chi connectivity index (χ0) is 26.8. The number of nitriles is 1. The molecule has 1 aliphatic carbocycles. The van der Waals surface area contributed by atoms with Gasteiger partial charge in [-0.05, 0) is 49.3 Å². The molecular formula is C24H23F4N5O2S. The van der Waals surface area contributed by atoms with Crippen molar-refractivity contribution in [2.75, 3.05) is 16.8 Å². The van der Waals surface area contributed by atoms with Gasteiger partial charge in [0.15, 0.2) is 10.8 Å². The fraction of sp³-hybridized carbons (Fsp3) is 0.375. The van der Waals surface area contributed by atoms with Gasteiger partial charge in [0.25, 0.3) is 11.8 Å². The van der Waals surface area contributed by atoms with Crippen LogP contribution in [0.1, 0.15) is 61.1 Å². The summed E-state index contributed by atoms with van der Waals surface area (Å²) in [5, 5.41) is 11.2. The van der Waals surface area contributed by atoms with Gasteiger partial charge in [-0.15, -0.1) is 0 Å². The van der Waals surface area contributed by atoms with E-state index in [1.807, 2.05) is 13.8 Å². The number of carbonyl (C=O) groups excluding carboxylic acids is 2. The van der Waals surface area contributed by atoms with Gasteiger partial charge in [-0.3, -0.25) is 14.5 Å². The van der Waals surface area contributed by atoms with E-state index in [1.54, 1.807) is 0 Å². The third-order valence-corrected chi connectivity index (χ3v) is 6.43. The van der Waals surface area contributed by atoms with E-state index in [1.165, 1.54) is 30.1 Å². The van der Waals surface area contributed by atoms with E-state index in [4.69, 9.17) is 17.5 Å². The standard InChI is InChI=1S/C22H17F4N5O2S.C2H6/c1-28-18(32)14-5-4-12(9-16(14)23)31-20(34)30(19(33)21(31)6-2-3-7-21)13-8-15(22(24,25)26)17(10-27)29-11-13;1-2/h4-5,8-9,11H,2-3,6-7H2,1H3,(H,28,32);1-2H3. The second-order valence-corrected chi connectivity index (χ2v) is 8.30.